The fraction of sp³-hybridized carbons (Fsp3) is 0.500. The number of hydrogen-bond acceptors (Lipinski definition) is 12. The van der Waals surface area contributed by atoms with E-state index in [2.05, 4.69) is 5.32 Å². The number of nitrogens with one attached hydrogen (secondary N) is 1. The molecule has 33 heavy (non-hydrogen) atoms. The molecule has 0 unspecified atom stereocenters. The Bertz CT molecular complexity index is 919. The van der Waals surface area contributed by atoms with Gasteiger partial charge >= 0.3 is 23.9 Å². The predicted octanol–water partition coefficient (Wildman–Crippen LogP) is 1.09. The molecule has 0 spiro atoms. The van der Waals surface area contributed by atoms with Gasteiger partial charge in [0.1, 0.15) is 18.4 Å². The second-order valence-electron chi connectivity index (χ2n) is 7.04. The first kappa shape index (κ1) is 25.5. The molecule has 13 heteroatoms. The molecule has 0 bridgehead atoms. The molecule has 180 valence electrons. The lowest BCUT2D eigenvalue weighted by atomic mass is 9.97. The van der Waals surface area contributed by atoms with Crippen LogP contribution in [-0.4, -0.2) is 66.1 Å². The average molecular weight is 468 g/mol. The van der Waals surface area contributed by atoms with Gasteiger partial charge in [-0.15, -0.1) is 0 Å². The van der Waals surface area contributed by atoms with Crippen LogP contribution < -0.4 is 5.32 Å². The number of anilines is 1. The zero-order valence-corrected chi connectivity index (χ0v) is 18.3. The third-order valence-corrected chi connectivity index (χ3v) is 4.39. The van der Waals surface area contributed by atoms with Gasteiger partial charge in [0, 0.05) is 33.8 Å². The molecule has 1 heterocycles. The lowest BCUT2D eigenvalue weighted by Crippen LogP contribution is -2.64. The van der Waals surface area contributed by atoms with E-state index in [0.29, 0.717) is 0 Å². The summed E-state index contributed by atoms with van der Waals surface area (Å²) in [5.74, 6) is -2.99. The lowest BCUT2D eigenvalue weighted by molar-refractivity contribution is -0.384. The number of hydrogen-bond donors (Lipinski definition) is 1. The van der Waals surface area contributed by atoms with E-state index in [1.165, 1.54) is 24.3 Å². The summed E-state index contributed by atoms with van der Waals surface area (Å²) in [6.45, 7) is 4.03. The summed E-state index contributed by atoms with van der Waals surface area (Å²) in [5.41, 5.74) is -0.284. The van der Waals surface area contributed by atoms with Crippen LogP contribution in [0.1, 0.15) is 27.7 Å². The number of ether oxygens (including phenoxy) is 5. The van der Waals surface area contributed by atoms with E-state index in [1.54, 1.807) is 0 Å². The highest BCUT2D eigenvalue weighted by molar-refractivity contribution is 5.69. The molecular weight excluding hydrogens is 444 g/mol. The molecule has 1 aromatic rings. The van der Waals surface area contributed by atoms with Crippen molar-refractivity contribution in [3.8, 4) is 0 Å². The van der Waals surface area contributed by atoms with E-state index in [1.807, 2.05) is 0 Å². The van der Waals surface area contributed by atoms with E-state index in [4.69, 9.17) is 23.7 Å². The Morgan fingerprint density at radius 3 is 2.00 bits per heavy atom. The maximum atomic E-state index is 11.8. The number of nitro benzene ring substituents is 1. The number of nitrogens with zero attached hydrogens (tertiary/aromatic N) is 1. The Morgan fingerprint density at radius 2 is 1.45 bits per heavy atom. The van der Waals surface area contributed by atoms with E-state index in [9.17, 15) is 29.3 Å². The van der Waals surface area contributed by atoms with Crippen LogP contribution in [0.2, 0.25) is 0 Å². The Hall–Kier alpha value is -3.74. The van der Waals surface area contributed by atoms with E-state index in [-0.39, 0.29) is 11.4 Å². The molecule has 1 N–H and O–H groups in total. The van der Waals surface area contributed by atoms with Crippen molar-refractivity contribution in [3.05, 3.63) is 34.4 Å². The van der Waals surface area contributed by atoms with E-state index in [0.717, 1.165) is 27.7 Å². The zero-order valence-electron chi connectivity index (χ0n) is 18.3. The third-order valence-electron chi connectivity index (χ3n) is 4.39. The standard InChI is InChI=1S/C20H24N2O11/c1-10(23)29-9-16-17(30-11(2)24)18(31-12(3)25)19(32-13(4)26)20(33-16)21-14-7-5-6-8-15(14)22(27)28/h5-8,16-21H,9H2,1-4H3/t16-,17+,18+,19+,20-/m1/s1. The molecule has 0 amide bonds. The third kappa shape index (κ3) is 7.14. The largest absolute Gasteiger partial charge is 0.463 e. The molecule has 0 radical (unpaired) electrons. The van der Waals surface area contributed by atoms with Gasteiger partial charge in [-0.3, -0.25) is 29.3 Å². The predicted molar refractivity (Wildman–Crippen MR) is 109 cm³/mol. The fourth-order valence-corrected chi connectivity index (χ4v) is 3.25. The van der Waals surface area contributed by atoms with Crippen LogP contribution in [0, 0.1) is 10.1 Å². The summed E-state index contributed by atoms with van der Waals surface area (Å²) < 4.78 is 26.7. The number of esters is 4. The maximum absolute atomic E-state index is 11.8. The van der Waals surface area contributed by atoms with Crippen LogP contribution in [0.5, 0.6) is 0 Å². The Morgan fingerprint density at radius 1 is 0.909 bits per heavy atom. The van der Waals surface area contributed by atoms with Gasteiger partial charge < -0.3 is 29.0 Å². The summed E-state index contributed by atoms with van der Waals surface area (Å²) in [4.78, 5) is 57.5. The highest BCUT2D eigenvalue weighted by Gasteiger charge is 2.52. The number of nitro groups is 1. The average Bonchev–Trinajstić information content (AvgIpc) is 2.70. The second-order valence-corrected chi connectivity index (χ2v) is 7.04. The van der Waals surface area contributed by atoms with Crippen LogP contribution in [0.15, 0.2) is 24.3 Å². The van der Waals surface area contributed by atoms with Crippen LogP contribution in [-0.2, 0) is 42.9 Å². The number of carbonyl (C=O) groups is 4. The van der Waals surface area contributed by atoms with Gasteiger partial charge in [0.15, 0.2) is 24.5 Å². The van der Waals surface area contributed by atoms with Crippen LogP contribution >= 0.6 is 0 Å². The number of carbonyl (C=O) groups excluding carboxylic acids is 4. The summed E-state index contributed by atoms with van der Waals surface area (Å²) in [7, 11) is 0. The van der Waals surface area contributed by atoms with Gasteiger partial charge in [0.2, 0.25) is 0 Å². The van der Waals surface area contributed by atoms with Gasteiger partial charge in [-0.1, -0.05) is 12.1 Å². The first-order chi connectivity index (χ1) is 15.5. The summed E-state index contributed by atoms with van der Waals surface area (Å²) in [6.07, 6.45) is -6.58. The van der Waals surface area contributed by atoms with E-state index < -0.39 is 66.1 Å². The quantitative estimate of drug-likeness (QED) is 0.250. The molecule has 5 atom stereocenters. The molecule has 1 aliphatic heterocycles. The summed E-state index contributed by atoms with van der Waals surface area (Å²) in [6, 6.07) is 5.62. The van der Waals surface area contributed by atoms with Crippen molar-refractivity contribution < 1.29 is 47.8 Å². The van der Waals surface area contributed by atoms with Gasteiger partial charge in [0.05, 0.1) is 4.92 Å². The van der Waals surface area contributed by atoms with Crippen molar-refractivity contribution in [2.75, 3.05) is 11.9 Å². The van der Waals surface area contributed by atoms with Crippen molar-refractivity contribution in [3.63, 3.8) is 0 Å². The molecule has 0 aliphatic carbocycles. The Kier molecular flexibility index (Phi) is 8.68. The highest BCUT2D eigenvalue weighted by atomic mass is 16.7. The fourth-order valence-electron chi connectivity index (χ4n) is 3.25. The summed E-state index contributed by atoms with van der Waals surface area (Å²) in [5, 5.41) is 14.2. The summed E-state index contributed by atoms with van der Waals surface area (Å²) >= 11 is 0. The minimum atomic E-state index is -1.39. The number of benzene rings is 1. The minimum Gasteiger partial charge on any atom is -0.463 e. The van der Waals surface area contributed by atoms with Crippen molar-refractivity contribution in [1.29, 1.82) is 0 Å². The van der Waals surface area contributed by atoms with E-state index >= 15 is 0 Å². The lowest BCUT2D eigenvalue weighted by Gasteiger charge is -2.44. The molecule has 2 rings (SSSR count). The van der Waals surface area contributed by atoms with Crippen LogP contribution in [0.25, 0.3) is 0 Å². The molecular formula is C20H24N2O11. The smallest absolute Gasteiger partial charge is 0.303 e. The zero-order chi connectivity index (χ0) is 24.7. The number of rotatable bonds is 8. The monoisotopic (exact) mass is 468 g/mol. The molecule has 1 fully saturated rings. The Labute approximate surface area is 188 Å². The molecule has 13 nitrogen and oxygen atoms in total. The Balaban J connectivity index is 2.51. The van der Waals surface area contributed by atoms with Crippen molar-refractivity contribution in [2.45, 2.75) is 58.3 Å². The minimum absolute atomic E-state index is 0.0170. The van der Waals surface area contributed by atoms with Crippen molar-refractivity contribution >= 4 is 35.3 Å². The first-order valence-electron chi connectivity index (χ1n) is 9.80. The second kappa shape index (κ2) is 11.2. The van der Waals surface area contributed by atoms with Gasteiger partial charge in [-0.05, 0) is 6.07 Å². The van der Waals surface area contributed by atoms with Gasteiger partial charge in [-0.2, -0.15) is 0 Å². The van der Waals surface area contributed by atoms with Crippen molar-refractivity contribution in [2.24, 2.45) is 0 Å². The highest BCUT2D eigenvalue weighted by Crippen LogP contribution is 2.32. The maximum Gasteiger partial charge on any atom is 0.303 e. The first-order valence-corrected chi connectivity index (χ1v) is 9.80. The topological polar surface area (TPSA) is 170 Å². The number of para-hydroxylation sites is 2. The van der Waals surface area contributed by atoms with Crippen molar-refractivity contribution in [1.82, 2.24) is 0 Å². The molecule has 0 aromatic heterocycles. The molecule has 0 saturated carbocycles. The SMILES string of the molecule is CC(=O)OC[C@H]1O[C@@H](Nc2ccccc2[N+](=O)[O-])[C@@H](OC(C)=O)[C@@H](OC(C)=O)[C@H]1OC(C)=O. The normalized spacial score (nSPS) is 24.2. The molecule has 1 saturated heterocycles. The van der Waals surface area contributed by atoms with Gasteiger partial charge in [0.25, 0.3) is 5.69 Å². The molecule has 1 aromatic carbocycles. The molecule has 1 aliphatic rings. The van der Waals surface area contributed by atoms with Gasteiger partial charge in [-0.25, -0.2) is 0 Å². The van der Waals surface area contributed by atoms with Crippen LogP contribution in [0.4, 0.5) is 11.4 Å². The van der Waals surface area contributed by atoms with Crippen LogP contribution in [0.3, 0.4) is 0 Å².